The molecule has 0 unspecified atom stereocenters. The molecule has 0 aromatic heterocycles. The Morgan fingerprint density at radius 3 is 2.09 bits per heavy atom. The Kier molecular flexibility index (Phi) is 14.1. The van der Waals surface area contributed by atoms with Crippen molar-refractivity contribution in [1.29, 1.82) is 0 Å². The first kappa shape index (κ1) is 22.2. The second kappa shape index (κ2) is 13.9. The molecule has 0 aromatic carbocycles. The van der Waals surface area contributed by atoms with Crippen molar-refractivity contribution >= 4 is 11.9 Å². The van der Waals surface area contributed by atoms with E-state index in [9.17, 15) is 9.59 Å². The van der Waals surface area contributed by atoms with Gasteiger partial charge in [-0.1, -0.05) is 38.8 Å². The molecule has 0 saturated carbocycles. The Balaban J connectivity index is 0. The van der Waals surface area contributed by atoms with Crippen LogP contribution in [0.25, 0.3) is 0 Å². The molecule has 0 saturated heterocycles. The Bertz CT molecular complexity index is 429. The zero-order valence-corrected chi connectivity index (χ0v) is 14.7. The molecule has 0 aliphatic heterocycles. The molecule has 5 heteroatoms. The van der Waals surface area contributed by atoms with Gasteiger partial charge in [-0.25, -0.2) is 0 Å². The van der Waals surface area contributed by atoms with E-state index in [-0.39, 0.29) is 12.5 Å². The summed E-state index contributed by atoms with van der Waals surface area (Å²) in [5.74, 6) is -0.843. The van der Waals surface area contributed by atoms with Gasteiger partial charge in [0.15, 0.2) is 0 Å². The van der Waals surface area contributed by atoms with Gasteiger partial charge in [-0.3, -0.25) is 9.59 Å². The van der Waals surface area contributed by atoms with E-state index in [0.29, 0.717) is 11.3 Å². The minimum atomic E-state index is -0.495. The number of esters is 1. The lowest BCUT2D eigenvalue weighted by atomic mass is 10.1. The van der Waals surface area contributed by atoms with Gasteiger partial charge in [0.25, 0.3) is 5.91 Å². The van der Waals surface area contributed by atoms with Crippen molar-refractivity contribution < 1.29 is 14.3 Å². The van der Waals surface area contributed by atoms with Crippen LogP contribution in [0.2, 0.25) is 0 Å². The molecule has 1 amide bonds. The molecule has 0 aliphatic carbocycles. The Morgan fingerprint density at radius 2 is 1.73 bits per heavy atom. The summed E-state index contributed by atoms with van der Waals surface area (Å²) in [4.78, 5) is 22.7. The van der Waals surface area contributed by atoms with Gasteiger partial charge in [0.2, 0.25) is 0 Å². The molecule has 0 atom stereocenters. The molecule has 0 rings (SSSR count). The molecule has 0 heterocycles. The number of hydrogen-bond acceptors (Lipinski definition) is 4. The second-order valence-corrected chi connectivity index (χ2v) is 4.72. The van der Waals surface area contributed by atoms with E-state index in [1.165, 1.54) is 20.0 Å². The van der Waals surface area contributed by atoms with Gasteiger partial charge >= 0.3 is 5.97 Å². The zero-order valence-electron chi connectivity index (χ0n) is 14.7. The standard InChI is InChI=1S/C13H20N2O3.C4H10/c1-5-6-11(7-9(2)10(3)14)13(17)15-8-12(16)18-4;1-3-4-2/h5-7H,8,14H2,1-4H3,(H,15,17);3-4H2,1-2H3/b6-5-,10-9+,11-7+;. The Labute approximate surface area is 134 Å². The van der Waals surface area contributed by atoms with E-state index in [0.717, 1.165) is 5.57 Å². The van der Waals surface area contributed by atoms with Crippen LogP contribution >= 0.6 is 0 Å². The Morgan fingerprint density at radius 1 is 1.18 bits per heavy atom. The number of allylic oxidation sites excluding steroid dienone is 4. The molecule has 0 aromatic rings. The summed E-state index contributed by atoms with van der Waals surface area (Å²) in [6.45, 7) is 9.57. The number of unbranched alkanes of at least 4 members (excludes halogenated alkanes) is 1. The SMILES string of the molecule is CCCC.C\C=C/C(=C\C(C)=C(/C)N)C(=O)NCC(=O)OC. The number of ether oxygens (including phenoxy) is 1. The van der Waals surface area contributed by atoms with Crippen LogP contribution in [0.4, 0.5) is 0 Å². The fourth-order valence-corrected chi connectivity index (χ4v) is 1.04. The fraction of sp³-hybridized carbons (Fsp3) is 0.529. The zero-order chi connectivity index (χ0) is 17.5. The molecule has 126 valence electrons. The minimum Gasteiger partial charge on any atom is -0.468 e. The van der Waals surface area contributed by atoms with Crippen LogP contribution < -0.4 is 11.1 Å². The lowest BCUT2D eigenvalue weighted by Gasteiger charge is -2.05. The van der Waals surface area contributed by atoms with Gasteiger partial charge in [-0.05, 0) is 32.4 Å². The van der Waals surface area contributed by atoms with Crippen LogP contribution in [-0.4, -0.2) is 25.5 Å². The highest BCUT2D eigenvalue weighted by Gasteiger charge is 2.08. The molecule has 0 fully saturated rings. The third-order valence-electron chi connectivity index (χ3n) is 2.72. The minimum absolute atomic E-state index is 0.158. The maximum absolute atomic E-state index is 11.8. The maximum atomic E-state index is 11.8. The molecule has 0 bridgehead atoms. The first-order valence-corrected chi connectivity index (χ1v) is 7.46. The van der Waals surface area contributed by atoms with Crippen molar-refractivity contribution in [3.05, 3.63) is 35.1 Å². The third-order valence-corrected chi connectivity index (χ3v) is 2.72. The van der Waals surface area contributed by atoms with E-state index in [4.69, 9.17) is 5.73 Å². The van der Waals surface area contributed by atoms with E-state index >= 15 is 0 Å². The van der Waals surface area contributed by atoms with Gasteiger partial charge in [0.05, 0.1) is 7.11 Å². The van der Waals surface area contributed by atoms with Crippen molar-refractivity contribution in [2.75, 3.05) is 13.7 Å². The summed E-state index contributed by atoms with van der Waals surface area (Å²) >= 11 is 0. The van der Waals surface area contributed by atoms with Gasteiger partial charge in [-0.15, -0.1) is 0 Å². The normalized spacial score (nSPS) is 12.2. The van der Waals surface area contributed by atoms with Crippen molar-refractivity contribution in [3.8, 4) is 0 Å². The summed E-state index contributed by atoms with van der Waals surface area (Å²) in [5, 5.41) is 2.47. The van der Waals surface area contributed by atoms with Gasteiger partial charge in [0, 0.05) is 11.3 Å². The topological polar surface area (TPSA) is 81.4 Å². The van der Waals surface area contributed by atoms with E-state index in [2.05, 4.69) is 23.9 Å². The van der Waals surface area contributed by atoms with Crippen LogP contribution in [0.5, 0.6) is 0 Å². The van der Waals surface area contributed by atoms with Gasteiger partial charge in [-0.2, -0.15) is 0 Å². The van der Waals surface area contributed by atoms with Gasteiger partial charge in [0.1, 0.15) is 6.54 Å². The monoisotopic (exact) mass is 310 g/mol. The van der Waals surface area contributed by atoms with E-state index in [1.54, 1.807) is 32.1 Å². The average molecular weight is 310 g/mol. The second-order valence-electron chi connectivity index (χ2n) is 4.72. The molecule has 3 N–H and O–H groups in total. The molecule has 5 nitrogen and oxygen atoms in total. The predicted molar refractivity (Wildman–Crippen MR) is 91.1 cm³/mol. The van der Waals surface area contributed by atoms with Crippen molar-refractivity contribution in [1.82, 2.24) is 5.32 Å². The molecule has 22 heavy (non-hydrogen) atoms. The number of carbonyl (C=O) groups excluding carboxylic acids is 2. The summed E-state index contributed by atoms with van der Waals surface area (Å²) in [5.41, 5.74) is 7.50. The maximum Gasteiger partial charge on any atom is 0.325 e. The van der Waals surface area contributed by atoms with Crippen LogP contribution in [0.1, 0.15) is 47.5 Å². The molecular formula is C17H30N2O3. The molecule has 0 aliphatic rings. The third kappa shape index (κ3) is 11.8. The number of methoxy groups -OCH3 is 1. The molecule has 0 radical (unpaired) electrons. The molecule has 0 spiro atoms. The van der Waals surface area contributed by atoms with Gasteiger partial charge < -0.3 is 15.8 Å². The smallest absolute Gasteiger partial charge is 0.325 e. The lowest BCUT2D eigenvalue weighted by molar-refractivity contribution is -0.140. The average Bonchev–Trinajstić information content (AvgIpc) is 2.51. The number of amides is 1. The molecular weight excluding hydrogens is 280 g/mol. The highest BCUT2D eigenvalue weighted by atomic mass is 16.5. The highest BCUT2D eigenvalue weighted by molar-refractivity contribution is 5.98. The van der Waals surface area contributed by atoms with Crippen LogP contribution in [0.15, 0.2) is 35.1 Å². The van der Waals surface area contributed by atoms with E-state index in [1.807, 2.05) is 6.92 Å². The Hall–Kier alpha value is -2.04. The quantitative estimate of drug-likeness (QED) is 0.449. The van der Waals surface area contributed by atoms with Crippen LogP contribution in [0.3, 0.4) is 0 Å². The van der Waals surface area contributed by atoms with Crippen LogP contribution in [-0.2, 0) is 14.3 Å². The summed E-state index contributed by atoms with van der Waals surface area (Å²) in [7, 11) is 1.27. The van der Waals surface area contributed by atoms with E-state index < -0.39 is 5.97 Å². The first-order valence-electron chi connectivity index (χ1n) is 7.46. The van der Waals surface area contributed by atoms with Crippen molar-refractivity contribution in [2.45, 2.75) is 47.5 Å². The fourth-order valence-electron chi connectivity index (χ4n) is 1.04. The summed E-state index contributed by atoms with van der Waals surface area (Å²) in [6.07, 6.45) is 7.70. The number of rotatable bonds is 6. The number of hydrogen-bond donors (Lipinski definition) is 2. The largest absolute Gasteiger partial charge is 0.468 e. The highest BCUT2D eigenvalue weighted by Crippen LogP contribution is 2.06. The van der Waals surface area contributed by atoms with Crippen LogP contribution in [0, 0.1) is 0 Å². The number of nitrogens with one attached hydrogen (secondary N) is 1. The number of carbonyl (C=O) groups is 2. The van der Waals surface area contributed by atoms with Crippen molar-refractivity contribution in [2.24, 2.45) is 5.73 Å². The summed E-state index contributed by atoms with van der Waals surface area (Å²) < 4.78 is 4.44. The lowest BCUT2D eigenvalue weighted by Crippen LogP contribution is -2.30. The van der Waals surface area contributed by atoms with Crippen molar-refractivity contribution in [3.63, 3.8) is 0 Å². The summed E-state index contributed by atoms with van der Waals surface area (Å²) in [6, 6.07) is 0. The number of nitrogens with two attached hydrogens (primary N) is 1. The predicted octanol–water partition coefficient (Wildman–Crippen LogP) is 2.84. The first-order chi connectivity index (χ1) is 10.3.